The summed E-state index contributed by atoms with van der Waals surface area (Å²) in [6.07, 6.45) is 1.52. The largest absolute Gasteiger partial charge is 0.256 e. The van der Waals surface area contributed by atoms with Crippen LogP contribution >= 0.6 is 0 Å². The van der Waals surface area contributed by atoms with Crippen molar-refractivity contribution >= 4 is 6.08 Å². The fraction of sp³-hybridized carbons (Fsp3) is 0.333. The molecule has 0 radical (unpaired) electrons. The number of hydrogen-bond acceptors (Lipinski definition) is 3. The highest BCUT2D eigenvalue weighted by Crippen LogP contribution is 2.12. The third kappa shape index (κ3) is 2.01. The molecule has 0 amide bonds. The predicted molar refractivity (Wildman–Crippen MR) is 45.5 cm³/mol. The molecule has 0 spiro atoms. The second-order valence-electron chi connectivity index (χ2n) is 2.60. The van der Waals surface area contributed by atoms with E-state index in [2.05, 4.69) is 9.98 Å². The molecular formula is C9H10N2O. The van der Waals surface area contributed by atoms with E-state index in [9.17, 15) is 4.79 Å². The van der Waals surface area contributed by atoms with E-state index in [1.807, 2.05) is 32.0 Å². The van der Waals surface area contributed by atoms with Gasteiger partial charge in [-0.3, -0.25) is 4.98 Å². The van der Waals surface area contributed by atoms with Crippen molar-refractivity contribution < 1.29 is 4.79 Å². The van der Waals surface area contributed by atoms with Gasteiger partial charge in [-0.05, 0) is 26.0 Å². The number of rotatable bonds is 2. The van der Waals surface area contributed by atoms with Crippen LogP contribution in [0.4, 0.5) is 0 Å². The maximum Gasteiger partial charge on any atom is 0.235 e. The normalized spacial score (nSPS) is 11.8. The molecule has 0 aromatic carbocycles. The quantitative estimate of drug-likeness (QED) is 0.491. The van der Waals surface area contributed by atoms with Crippen molar-refractivity contribution in [3.8, 4) is 0 Å². The lowest BCUT2D eigenvalue weighted by molar-refractivity contribution is 0.559. The maximum absolute atomic E-state index is 9.95. The summed E-state index contributed by atoms with van der Waals surface area (Å²) in [5, 5.41) is 0. The van der Waals surface area contributed by atoms with Crippen LogP contribution in [0.5, 0.6) is 0 Å². The Morgan fingerprint density at radius 1 is 1.58 bits per heavy atom. The van der Waals surface area contributed by atoms with Gasteiger partial charge in [-0.25, -0.2) is 4.79 Å². The van der Waals surface area contributed by atoms with Gasteiger partial charge in [0.05, 0.1) is 5.69 Å². The Kier molecular flexibility index (Phi) is 2.72. The summed E-state index contributed by atoms with van der Waals surface area (Å²) in [4.78, 5) is 17.7. The van der Waals surface area contributed by atoms with E-state index in [0.717, 1.165) is 11.4 Å². The zero-order valence-corrected chi connectivity index (χ0v) is 7.11. The number of pyridine rings is 1. The molecule has 1 atom stereocenters. The molecule has 1 unspecified atom stereocenters. The molecule has 3 heteroatoms. The van der Waals surface area contributed by atoms with Crippen molar-refractivity contribution in [2.24, 2.45) is 4.99 Å². The first-order valence-corrected chi connectivity index (χ1v) is 3.74. The minimum atomic E-state index is -0.192. The lowest BCUT2D eigenvalue weighted by Gasteiger charge is -2.02. The molecule has 0 saturated heterocycles. The molecule has 0 aliphatic rings. The highest BCUT2D eigenvalue weighted by Gasteiger charge is 2.03. The monoisotopic (exact) mass is 162 g/mol. The third-order valence-corrected chi connectivity index (χ3v) is 1.58. The second kappa shape index (κ2) is 3.79. The van der Waals surface area contributed by atoms with E-state index in [-0.39, 0.29) is 6.04 Å². The molecule has 12 heavy (non-hydrogen) atoms. The Morgan fingerprint density at radius 3 is 2.92 bits per heavy atom. The van der Waals surface area contributed by atoms with Gasteiger partial charge in [0.15, 0.2) is 0 Å². The second-order valence-corrected chi connectivity index (χ2v) is 2.60. The van der Waals surface area contributed by atoms with Crippen molar-refractivity contribution in [3.63, 3.8) is 0 Å². The van der Waals surface area contributed by atoms with Crippen LogP contribution < -0.4 is 0 Å². The van der Waals surface area contributed by atoms with Gasteiger partial charge in [-0.15, -0.1) is 0 Å². The number of aryl methyl sites for hydroxylation is 1. The Hall–Kier alpha value is -1.47. The first-order valence-electron chi connectivity index (χ1n) is 3.74. The fourth-order valence-corrected chi connectivity index (χ4v) is 0.942. The SMILES string of the molecule is Cc1cccc(C(C)N=C=O)n1. The topological polar surface area (TPSA) is 42.3 Å². The summed E-state index contributed by atoms with van der Waals surface area (Å²) in [5.74, 6) is 0. The van der Waals surface area contributed by atoms with Crippen molar-refractivity contribution in [3.05, 3.63) is 29.6 Å². The minimum Gasteiger partial charge on any atom is -0.256 e. The van der Waals surface area contributed by atoms with Gasteiger partial charge in [-0.2, -0.15) is 4.99 Å². The standard InChI is InChI=1S/C9H10N2O/c1-7-4-3-5-9(11-7)8(2)10-6-12/h3-5,8H,1-2H3. The van der Waals surface area contributed by atoms with Gasteiger partial charge in [-0.1, -0.05) is 6.07 Å². The fourth-order valence-electron chi connectivity index (χ4n) is 0.942. The average Bonchev–Trinajstić information content (AvgIpc) is 2.05. The first-order chi connectivity index (χ1) is 5.74. The first kappa shape index (κ1) is 8.62. The highest BCUT2D eigenvalue weighted by molar-refractivity contribution is 5.34. The van der Waals surface area contributed by atoms with E-state index >= 15 is 0 Å². The van der Waals surface area contributed by atoms with Crippen molar-refractivity contribution in [2.75, 3.05) is 0 Å². The van der Waals surface area contributed by atoms with E-state index in [1.165, 1.54) is 6.08 Å². The Labute approximate surface area is 71.2 Å². The van der Waals surface area contributed by atoms with Gasteiger partial charge < -0.3 is 0 Å². The molecule has 3 nitrogen and oxygen atoms in total. The summed E-state index contributed by atoms with van der Waals surface area (Å²) in [5.41, 5.74) is 1.73. The molecule has 0 fully saturated rings. The van der Waals surface area contributed by atoms with E-state index < -0.39 is 0 Å². The van der Waals surface area contributed by atoms with E-state index in [0.29, 0.717) is 0 Å². The molecule has 62 valence electrons. The number of hydrogen-bond donors (Lipinski definition) is 0. The van der Waals surface area contributed by atoms with Crippen LogP contribution in [0.25, 0.3) is 0 Å². The van der Waals surface area contributed by atoms with E-state index in [1.54, 1.807) is 0 Å². The minimum absolute atomic E-state index is 0.192. The summed E-state index contributed by atoms with van der Waals surface area (Å²) in [7, 11) is 0. The average molecular weight is 162 g/mol. The van der Waals surface area contributed by atoms with Crippen LogP contribution in [0.3, 0.4) is 0 Å². The number of carbonyl (C=O) groups excluding carboxylic acids is 1. The molecule has 0 bridgehead atoms. The summed E-state index contributed by atoms with van der Waals surface area (Å²) < 4.78 is 0. The lowest BCUT2D eigenvalue weighted by atomic mass is 10.2. The van der Waals surface area contributed by atoms with Crippen LogP contribution in [0.15, 0.2) is 23.2 Å². The third-order valence-electron chi connectivity index (χ3n) is 1.58. The van der Waals surface area contributed by atoms with Crippen LogP contribution in [-0.4, -0.2) is 11.1 Å². The summed E-state index contributed by atoms with van der Waals surface area (Å²) in [6.45, 7) is 3.72. The molecular weight excluding hydrogens is 152 g/mol. The zero-order valence-electron chi connectivity index (χ0n) is 7.11. The zero-order chi connectivity index (χ0) is 8.97. The van der Waals surface area contributed by atoms with Crippen LogP contribution in [-0.2, 0) is 4.79 Å². The van der Waals surface area contributed by atoms with Gasteiger partial charge >= 0.3 is 0 Å². The van der Waals surface area contributed by atoms with Gasteiger partial charge in [0.1, 0.15) is 6.04 Å². The van der Waals surface area contributed by atoms with E-state index in [4.69, 9.17) is 0 Å². The number of aromatic nitrogens is 1. The van der Waals surface area contributed by atoms with Crippen LogP contribution in [0, 0.1) is 6.92 Å². The Balaban J connectivity index is 2.94. The highest BCUT2D eigenvalue weighted by atomic mass is 16.1. The number of aliphatic imine (C=N–C) groups is 1. The Morgan fingerprint density at radius 2 is 2.33 bits per heavy atom. The van der Waals surface area contributed by atoms with Crippen molar-refractivity contribution in [1.29, 1.82) is 0 Å². The molecule has 1 aromatic heterocycles. The molecule has 0 N–H and O–H groups in total. The number of isocyanates is 1. The molecule has 1 aromatic rings. The van der Waals surface area contributed by atoms with Crippen LogP contribution in [0.2, 0.25) is 0 Å². The lowest BCUT2D eigenvalue weighted by Crippen LogP contribution is -1.94. The maximum atomic E-state index is 9.95. The van der Waals surface area contributed by atoms with Gasteiger partial charge in [0.2, 0.25) is 6.08 Å². The Bertz CT molecular complexity index is 316. The summed E-state index contributed by atoms with van der Waals surface area (Å²) >= 11 is 0. The molecule has 0 aliphatic carbocycles. The number of nitrogens with zero attached hydrogens (tertiary/aromatic N) is 2. The molecule has 0 aliphatic heterocycles. The van der Waals surface area contributed by atoms with Crippen LogP contribution in [0.1, 0.15) is 24.4 Å². The van der Waals surface area contributed by atoms with Gasteiger partial charge in [0, 0.05) is 5.69 Å². The predicted octanol–water partition coefficient (Wildman–Crippen LogP) is 1.79. The molecule has 1 heterocycles. The van der Waals surface area contributed by atoms with Crippen molar-refractivity contribution in [2.45, 2.75) is 19.9 Å². The molecule has 1 rings (SSSR count). The smallest absolute Gasteiger partial charge is 0.235 e. The molecule has 0 saturated carbocycles. The summed E-state index contributed by atoms with van der Waals surface area (Å²) in [6, 6.07) is 5.45. The van der Waals surface area contributed by atoms with Crippen molar-refractivity contribution in [1.82, 2.24) is 4.98 Å². The van der Waals surface area contributed by atoms with Gasteiger partial charge in [0.25, 0.3) is 0 Å².